The maximum absolute atomic E-state index is 13.8. The number of amides is 2. The van der Waals surface area contributed by atoms with Crippen molar-refractivity contribution in [3.8, 4) is 34.8 Å². The summed E-state index contributed by atoms with van der Waals surface area (Å²) >= 11 is 0. The van der Waals surface area contributed by atoms with E-state index < -0.39 is 42.0 Å². The number of likely N-dealkylation sites (N-methyl/N-ethyl adjacent to an activating group) is 1. The molecule has 12 nitrogen and oxygen atoms in total. The molecule has 8 rings (SSSR count). The Morgan fingerprint density at radius 2 is 1.70 bits per heavy atom. The van der Waals surface area contributed by atoms with Crippen molar-refractivity contribution in [3.05, 3.63) is 74.8 Å². The summed E-state index contributed by atoms with van der Waals surface area (Å²) in [4.78, 5) is 45.3. The summed E-state index contributed by atoms with van der Waals surface area (Å²) in [5.41, 5.74) is 4.34. The van der Waals surface area contributed by atoms with Gasteiger partial charge < -0.3 is 24.4 Å². The number of nitriles is 1. The van der Waals surface area contributed by atoms with Gasteiger partial charge in [-0.3, -0.25) is 29.1 Å². The fourth-order valence-corrected chi connectivity index (χ4v) is 8.62. The number of phenols is 2. The molecular formula is C35H32N4O8. The lowest BCUT2D eigenvalue weighted by Crippen LogP contribution is -2.68. The van der Waals surface area contributed by atoms with Crippen molar-refractivity contribution in [3.63, 3.8) is 0 Å². The van der Waals surface area contributed by atoms with E-state index in [9.17, 15) is 29.9 Å². The summed E-state index contributed by atoms with van der Waals surface area (Å²) in [6.07, 6.45) is 0.691. The number of nitrogens with zero attached hydrogens (tertiary/aromatic N) is 4. The lowest BCUT2D eigenvalue weighted by molar-refractivity contribution is -0.132. The summed E-state index contributed by atoms with van der Waals surface area (Å²) < 4.78 is 17.8. The number of fused-ring (bicyclic) bond motifs is 10. The molecule has 2 bridgehead atoms. The number of rotatable bonds is 3. The van der Waals surface area contributed by atoms with Gasteiger partial charge in [-0.05, 0) is 57.0 Å². The Hall–Kier alpha value is -5.12. The van der Waals surface area contributed by atoms with Crippen LogP contribution in [-0.4, -0.2) is 81.2 Å². The van der Waals surface area contributed by atoms with Gasteiger partial charge in [-0.2, -0.15) is 5.26 Å². The van der Waals surface area contributed by atoms with Gasteiger partial charge in [0.1, 0.15) is 11.8 Å². The molecule has 5 aliphatic rings. The molecule has 0 aliphatic carbocycles. The molecule has 12 heteroatoms. The average molecular weight is 637 g/mol. The van der Waals surface area contributed by atoms with E-state index in [1.807, 2.05) is 18.0 Å². The van der Waals surface area contributed by atoms with Gasteiger partial charge >= 0.3 is 5.97 Å². The predicted octanol–water partition coefficient (Wildman–Crippen LogP) is 3.44. The SMILES string of the molecule is CC(=O)Oc1c(C)c2c(c3c1CC1[C@@H]4c5c(cc(C)c(O)c5O)C[C@H]([C@H](C#N)N1C3CN1C(=O)c3ccccc3C1=O)N4C)OCO2. The molecule has 1 saturated heterocycles. The van der Waals surface area contributed by atoms with Crippen LogP contribution >= 0.6 is 0 Å². The Balaban J connectivity index is 1.38. The molecule has 3 aromatic carbocycles. The fraction of sp³-hybridized carbons (Fsp3) is 0.371. The van der Waals surface area contributed by atoms with Crippen LogP contribution in [0.25, 0.3) is 0 Å². The van der Waals surface area contributed by atoms with Gasteiger partial charge in [0.2, 0.25) is 6.79 Å². The average Bonchev–Trinajstić information content (AvgIpc) is 3.62. The van der Waals surface area contributed by atoms with Gasteiger partial charge in [0.15, 0.2) is 23.0 Å². The molecular weight excluding hydrogens is 604 g/mol. The fourth-order valence-electron chi connectivity index (χ4n) is 8.62. The zero-order valence-electron chi connectivity index (χ0n) is 26.2. The number of piperazine rings is 1. The van der Waals surface area contributed by atoms with Crippen LogP contribution in [0.2, 0.25) is 0 Å². The van der Waals surface area contributed by atoms with Crippen molar-refractivity contribution < 1.29 is 38.8 Å². The summed E-state index contributed by atoms with van der Waals surface area (Å²) in [5.74, 6) is -0.719. The Morgan fingerprint density at radius 1 is 1.02 bits per heavy atom. The van der Waals surface area contributed by atoms with Crippen LogP contribution in [0, 0.1) is 25.2 Å². The Bertz CT molecular complexity index is 1950. The van der Waals surface area contributed by atoms with E-state index in [1.54, 1.807) is 38.1 Å². The largest absolute Gasteiger partial charge is 0.504 e. The molecule has 5 heterocycles. The number of hydrogen-bond acceptors (Lipinski definition) is 11. The van der Waals surface area contributed by atoms with E-state index in [0.717, 1.165) is 5.56 Å². The van der Waals surface area contributed by atoms with Crippen LogP contribution in [0.4, 0.5) is 0 Å². The number of aromatic hydroxyl groups is 2. The lowest BCUT2D eigenvalue weighted by Gasteiger charge is -2.60. The van der Waals surface area contributed by atoms with Crippen molar-refractivity contribution in [2.45, 2.75) is 63.8 Å². The molecule has 0 radical (unpaired) electrons. The van der Waals surface area contributed by atoms with E-state index in [1.165, 1.54) is 11.8 Å². The summed E-state index contributed by atoms with van der Waals surface area (Å²) in [6.45, 7) is 4.62. The van der Waals surface area contributed by atoms with Crippen molar-refractivity contribution in [2.24, 2.45) is 0 Å². The van der Waals surface area contributed by atoms with E-state index in [0.29, 0.717) is 62.6 Å². The van der Waals surface area contributed by atoms with Crippen molar-refractivity contribution >= 4 is 17.8 Å². The molecule has 0 aromatic heterocycles. The Morgan fingerprint density at radius 3 is 2.36 bits per heavy atom. The molecule has 0 spiro atoms. The van der Waals surface area contributed by atoms with Crippen LogP contribution in [0.5, 0.6) is 28.7 Å². The zero-order valence-corrected chi connectivity index (χ0v) is 26.2. The van der Waals surface area contributed by atoms with Crippen molar-refractivity contribution in [1.82, 2.24) is 14.7 Å². The number of ether oxygens (including phenoxy) is 3. The van der Waals surface area contributed by atoms with Crippen LogP contribution in [-0.2, 0) is 17.6 Å². The number of imide groups is 1. The third-order valence-corrected chi connectivity index (χ3v) is 10.6. The number of esters is 1. The topological polar surface area (TPSA) is 153 Å². The van der Waals surface area contributed by atoms with Crippen LogP contribution in [0.1, 0.15) is 73.1 Å². The second kappa shape index (κ2) is 10.2. The van der Waals surface area contributed by atoms with E-state index >= 15 is 0 Å². The first-order chi connectivity index (χ1) is 22.5. The molecule has 240 valence electrons. The molecule has 5 aliphatic heterocycles. The standard InChI is InChI=1S/C35H32N4O8/c1-15-9-18-10-22-24(12-36)39-23(28(37(22)4)26(18)30(42)29(15)41)11-21-27(33-32(45-14-46-33)16(2)31(21)47-17(3)40)25(39)13-38-34(43)19-7-5-6-8-20(19)35(38)44/h5-9,22-25,28,41-42H,10-11,13-14H2,1-4H3/t22-,23?,24+,25?,28-/m1/s1. The molecule has 2 N–H and O–H groups in total. The molecule has 2 amide bonds. The van der Waals surface area contributed by atoms with E-state index in [2.05, 4.69) is 11.0 Å². The highest BCUT2D eigenvalue weighted by Gasteiger charge is 2.57. The molecule has 47 heavy (non-hydrogen) atoms. The van der Waals surface area contributed by atoms with Gasteiger partial charge in [0.25, 0.3) is 11.8 Å². The first-order valence-corrected chi connectivity index (χ1v) is 15.5. The minimum absolute atomic E-state index is 0.0785. The number of carbonyl (C=O) groups is 3. The summed E-state index contributed by atoms with van der Waals surface area (Å²) in [6, 6.07) is 8.22. The first kappa shape index (κ1) is 29.3. The molecule has 5 atom stereocenters. The molecule has 3 aromatic rings. The third-order valence-electron chi connectivity index (χ3n) is 10.6. The highest BCUT2D eigenvalue weighted by Crippen LogP contribution is 2.58. The maximum atomic E-state index is 13.8. The monoisotopic (exact) mass is 636 g/mol. The number of benzene rings is 3. The third kappa shape index (κ3) is 3.90. The quantitative estimate of drug-likeness (QED) is 0.188. The number of carbonyl (C=O) groups excluding carboxylic acids is 3. The number of hydrogen-bond donors (Lipinski definition) is 2. The van der Waals surface area contributed by atoms with Gasteiger partial charge in [-0.1, -0.05) is 18.2 Å². The smallest absolute Gasteiger partial charge is 0.308 e. The minimum Gasteiger partial charge on any atom is -0.504 e. The van der Waals surface area contributed by atoms with Crippen LogP contribution < -0.4 is 14.2 Å². The Kier molecular flexibility index (Phi) is 6.35. The highest BCUT2D eigenvalue weighted by molar-refractivity contribution is 6.21. The predicted molar refractivity (Wildman–Crippen MR) is 164 cm³/mol. The van der Waals surface area contributed by atoms with Gasteiger partial charge in [0.05, 0.1) is 29.3 Å². The first-order valence-electron chi connectivity index (χ1n) is 15.5. The minimum atomic E-state index is -0.776. The molecule has 1 fully saturated rings. The van der Waals surface area contributed by atoms with Gasteiger partial charge in [-0.25, -0.2) is 0 Å². The normalized spacial score (nSPS) is 25.5. The number of aryl methyl sites for hydroxylation is 1. The molecule has 2 unspecified atom stereocenters. The highest BCUT2D eigenvalue weighted by atomic mass is 16.7. The molecule has 0 saturated carbocycles. The van der Waals surface area contributed by atoms with Gasteiger partial charge in [0, 0.05) is 47.8 Å². The van der Waals surface area contributed by atoms with Crippen LogP contribution in [0.15, 0.2) is 30.3 Å². The summed E-state index contributed by atoms with van der Waals surface area (Å²) in [7, 11) is 1.91. The second-order valence-corrected chi connectivity index (χ2v) is 12.9. The van der Waals surface area contributed by atoms with Gasteiger partial charge in [-0.15, -0.1) is 0 Å². The lowest BCUT2D eigenvalue weighted by atomic mass is 9.71. The van der Waals surface area contributed by atoms with Crippen molar-refractivity contribution in [1.29, 1.82) is 5.26 Å². The van der Waals surface area contributed by atoms with E-state index in [-0.39, 0.29) is 37.3 Å². The van der Waals surface area contributed by atoms with Crippen LogP contribution in [0.3, 0.4) is 0 Å². The second-order valence-electron chi connectivity index (χ2n) is 12.9. The van der Waals surface area contributed by atoms with Crippen molar-refractivity contribution in [2.75, 3.05) is 20.4 Å². The Labute approximate surface area is 270 Å². The number of phenolic OH excluding ortho intramolecular Hbond substituents is 2. The van der Waals surface area contributed by atoms with E-state index in [4.69, 9.17) is 14.2 Å². The maximum Gasteiger partial charge on any atom is 0.308 e. The zero-order chi connectivity index (χ0) is 33.0. The summed E-state index contributed by atoms with van der Waals surface area (Å²) in [5, 5.41) is 33.1.